The van der Waals surface area contributed by atoms with Gasteiger partial charge in [-0.2, -0.15) is 0 Å². The number of rotatable bonds is 14. The van der Waals surface area contributed by atoms with E-state index in [1.807, 2.05) is 68.4 Å². The van der Waals surface area contributed by atoms with E-state index in [1.54, 1.807) is 42.5 Å². The molecular weight excluding hydrogens is 654 g/mol. The summed E-state index contributed by atoms with van der Waals surface area (Å²) in [5.74, 6) is -0.280. The van der Waals surface area contributed by atoms with Crippen molar-refractivity contribution in [3.63, 3.8) is 0 Å². The van der Waals surface area contributed by atoms with Crippen LogP contribution >= 0.6 is 15.9 Å². The Bertz CT molecular complexity index is 1650. The van der Waals surface area contributed by atoms with Crippen LogP contribution in [0.3, 0.4) is 0 Å². The van der Waals surface area contributed by atoms with E-state index >= 15 is 0 Å². The zero-order chi connectivity index (χ0) is 32.4. The van der Waals surface area contributed by atoms with Crippen LogP contribution in [0.2, 0.25) is 0 Å². The fraction of sp³-hybridized carbons (Fsp3) is 0.257. The molecular formula is C35H38BrN3O5S. The highest BCUT2D eigenvalue weighted by Gasteiger charge is 2.35. The Hall–Kier alpha value is -4.15. The van der Waals surface area contributed by atoms with Gasteiger partial charge in [0.25, 0.3) is 10.0 Å². The second-order valence-corrected chi connectivity index (χ2v) is 13.5. The van der Waals surface area contributed by atoms with Crippen molar-refractivity contribution in [3.8, 4) is 5.75 Å². The zero-order valence-corrected chi connectivity index (χ0v) is 28.0. The Morgan fingerprint density at radius 2 is 1.44 bits per heavy atom. The maximum absolute atomic E-state index is 14.5. The molecule has 0 spiro atoms. The molecule has 4 aromatic rings. The molecule has 10 heteroatoms. The van der Waals surface area contributed by atoms with Crippen LogP contribution in [0.15, 0.2) is 119 Å². The van der Waals surface area contributed by atoms with Gasteiger partial charge < -0.3 is 15.0 Å². The maximum Gasteiger partial charge on any atom is 0.264 e. The van der Waals surface area contributed by atoms with E-state index in [9.17, 15) is 18.0 Å². The molecule has 236 valence electrons. The molecule has 1 N–H and O–H groups in total. The first-order valence-electron chi connectivity index (χ1n) is 14.7. The molecule has 0 radical (unpaired) electrons. The second-order valence-electron chi connectivity index (χ2n) is 10.7. The van der Waals surface area contributed by atoms with Crippen molar-refractivity contribution in [1.82, 2.24) is 10.2 Å². The first-order chi connectivity index (χ1) is 21.6. The molecule has 0 fully saturated rings. The lowest BCUT2D eigenvalue weighted by molar-refractivity contribution is -0.140. The van der Waals surface area contributed by atoms with Crippen molar-refractivity contribution in [1.29, 1.82) is 0 Å². The van der Waals surface area contributed by atoms with Gasteiger partial charge in [-0.25, -0.2) is 8.42 Å². The number of carbonyl (C=O) groups excluding carboxylic acids is 2. The molecule has 45 heavy (non-hydrogen) atoms. The number of amides is 2. The number of benzene rings is 4. The van der Waals surface area contributed by atoms with Crippen LogP contribution in [0.4, 0.5) is 5.69 Å². The number of ether oxygens (including phenoxy) is 1. The molecule has 0 aliphatic heterocycles. The van der Waals surface area contributed by atoms with Crippen LogP contribution in [0.5, 0.6) is 5.75 Å². The highest BCUT2D eigenvalue weighted by atomic mass is 79.9. The lowest BCUT2D eigenvalue weighted by atomic mass is 10.0. The predicted octanol–water partition coefficient (Wildman–Crippen LogP) is 6.21. The van der Waals surface area contributed by atoms with E-state index in [4.69, 9.17) is 4.74 Å². The lowest BCUT2D eigenvalue weighted by Crippen LogP contribution is -2.54. The first-order valence-corrected chi connectivity index (χ1v) is 17.0. The van der Waals surface area contributed by atoms with Gasteiger partial charge in [0.05, 0.1) is 17.7 Å². The van der Waals surface area contributed by atoms with Gasteiger partial charge in [-0.15, -0.1) is 0 Å². The van der Waals surface area contributed by atoms with Crippen LogP contribution < -0.4 is 14.4 Å². The molecule has 0 aromatic heterocycles. The smallest absolute Gasteiger partial charge is 0.264 e. The first kappa shape index (κ1) is 33.7. The number of nitrogens with zero attached hydrogens (tertiary/aromatic N) is 2. The SMILES string of the molecule is CC[C@H](C)NC(=O)[C@H](Cc1ccccc1)N(Cc1ccc(Br)cc1)C(=O)CN(c1ccc(OC)cc1)S(=O)(=O)c1ccccc1. The molecule has 0 aliphatic carbocycles. The van der Waals surface area contributed by atoms with Crippen molar-refractivity contribution >= 4 is 43.5 Å². The highest BCUT2D eigenvalue weighted by Crippen LogP contribution is 2.27. The number of methoxy groups -OCH3 is 1. The summed E-state index contributed by atoms with van der Waals surface area (Å²) < 4.78 is 35.4. The van der Waals surface area contributed by atoms with Crippen LogP contribution in [0.1, 0.15) is 31.4 Å². The molecule has 0 heterocycles. The molecule has 4 aromatic carbocycles. The second kappa shape index (κ2) is 15.7. The summed E-state index contributed by atoms with van der Waals surface area (Å²) >= 11 is 3.46. The summed E-state index contributed by atoms with van der Waals surface area (Å²) in [5.41, 5.74) is 1.96. The van der Waals surface area contributed by atoms with Crippen molar-refractivity contribution in [3.05, 3.63) is 125 Å². The molecule has 0 saturated heterocycles. The largest absolute Gasteiger partial charge is 0.497 e. The third-order valence-electron chi connectivity index (χ3n) is 7.51. The monoisotopic (exact) mass is 691 g/mol. The summed E-state index contributed by atoms with van der Waals surface area (Å²) in [6.45, 7) is 3.46. The summed E-state index contributed by atoms with van der Waals surface area (Å²) in [5, 5.41) is 3.05. The van der Waals surface area contributed by atoms with Crippen molar-refractivity contribution in [2.75, 3.05) is 18.0 Å². The standard InChI is InChI=1S/C35H38BrN3O5S/c1-4-26(2)37-35(41)33(23-27-11-7-5-8-12-27)38(24-28-15-17-29(36)18-16-28)34(40)25-39(30-19-21-31(44-3)22-20-30)45(42,43)32-13-9-6-10-14-32/h5-22,26,33H,4,23-25H2,1-3H3,(H,37,41)/t26-,33-/m0/s1. The molecule has 8 nitrogen and oxygen atoms in total. The predicted molar refractivity (Wildman–Crippen MR) is 180 cm³/mol. The van der Waals surface area contributed by atoms with Crippen molar-refractivity contribution in [2.45, 2.75) is 50.2 Å². The van der Waals surface area contributed by atoms with Crippen LogP contribution in [-0.4, -0.2) is 50.9 Å². The van der Waals surface area contributed by atoms with Crippen molar-refractivity contribution < 1.29 is 22.7 Å². The summed E-state index contributed by atoms with van der Waals surface area (Å²) in [7, 11) is -2.65. The summed E-state index contributed by atoms with van der Waals surface area (Å²) in [6, 6.07) is 30.4. The van der Waals surface area contributed by atoms with Gasteiger partial charge in [0.1, 0.15) is 18.3 Å². The molecule has 4 rings (SSSR count). The van der Waals surface area contributed by atoms with E-state index in [0.717, 1.165) is 19.9 Å². The minimum Gasteiger partial charge on any atom is -0.497 e. The number of anilines is 1. The van der Waals surface area contributed by atoms with Gasteiger partial charge in [-0.1, -0.05) is 83.5 Å². The quantitative estimate of drug-likeness (QED) is 0.170. The minimum absolute atomic E-state index is 0.0448. The van der Waals surface area contributed by atoms with Gasteiger partial charge in [-0.3, -0.25) is 13.9 Å². The van der Waals surface area contributed by atoms with Crippen molar-refractivity contribution in [2.24, 2.45) is 0 Å². The zero-order valence-electron chi connectivity index (χ0n) is 25.6. The number of sulfonamides is 1. The third kappa shape index (κ3) is 8.95. The average Bonchev–Trinajstić information content (AvgIpc) is 3.06. The Labute approximate surface area is 274 Å². The van der Waals surface area contributed by atoms with E-state index in [1.165, 1.54) is 24.1 Å². The van der Waals surface area contributed by atoms with Gasteiger partial charge in [0, 0.05) is 23.5 Å². The fourth-order valence-electron chi connectivity index (χ4n) is 4.78. The minimum atomic E-state index is -4.17. The normalized spacial score (nSPS) is 12.5. The summed E-state index contributed by atoms with van der Waals surface area (Å²) in [4.78, 5) is 29.9. The van der Waals surface area contributed by atoms with Gasteiger partial charge in [-0.05, 0) is 73.0 Å². The van der Waals surface area contributed by atoms with E-state index < -0.39 is 28.5 Å². The molecule has 0 unspecified atom stereocenters. The summed E-state index contributed by atoms with van der Waals surface area (Å²) in [6.07, 6.45) is 0.963. The Kier molecular flexibility index (Phi) is 11.8. The molecule has 2 atom stereocenters. The Balaban J connectivity index is 1.79. The van der Waals surface area contributed by atoms with Gasteiger partial charge in [0.15, 0.2) is 0 Å². The van der Waals surface area contributed by atoms with Gasteiger partial charge >= 0.3 is 0 Å². The number of hydrogen-bond donors (Lipinski definition) is 1. The number of nitrogens with one attached hydrogen (secondary N) is 1. The number of hydrogen-bond acceptors (Lipinski definition) is 5. The fourth-order valence-corrected chi connectivity index (χ4v) is 6.48. The third-order valence-corrected chi connectivity index (χ3v) is 9.83. The number of carbonyl (C=O) groups is 2. The van der Waals surface area contributed by atoms with Crippen LogP contribution in [-0.2, 0) is 32.6 Å². The van der Waals surface area contributed by atoms with Gasteiger partial charge in [0.2, 0.25) is 11.8 Å². The molecule has 0 bridgehead atoms. The molecule has 0 aliphatic rings. The molecule has 0 saturated carbocycles. The Morgan fingerprint density at radius 3 is 2.02 bits per heavy atom. The maximum atomic E-state index is 14.5. The van der Waals surface area contributed by atoms with Crippen LogP contribution in [0, 0.1) is 0 Å². The van der Waals surface area contributed by atoms with Crippen LogP contribution in [0.25, 0.3) is 0 Å². The Morgan fingerprint density at radius 1 is 0.844 bits per heavy atom. The average molecular weight is 693 g/mol. The highest BCUT2D eigenvalue weighted by molar-refractivity contribution is 9.10. The topological polar surface area (TPSA) is 96.0 Å². The molecule has 2 amide bonds. The van der Waals surface area contributed by atoms with E-state index in [-0.39, 0.29) is 29.8 Å². The van der Waals surface area contributed by atoms with E-state index in [2.05, 4.69) is 21.2 Å². The van der Waals surface area contributed by atoms with E-state index in [0.29, 0.717) is 17.9 Å². The number of halogens is 1. The lowest BCUT2D eigenvalue weighted by Gasteiger charge is -2.34.